The van der Waals surface area contributed by atoms with E-state index in [0.29, 0.717) is 16.7 Å². The number of ether oxygens (including phenoxy) is 2. The molecule has 26 heavy (non-hydrogen) atoms. The van der Waals surface area contributed by atoms with Crippen LogP contribution in [0.4, 0.5) is 0 Å². The molecule has 0 fully saturated rings. The second-order valence-corrected chi connectivity index (χ2v) is 5.82. The van der Waals surface area contributed by atoms with Gasteiger partial charge in [-0.15, -0.1) is 0 Å². The van der Waals surface area contributed by atoms with Gasteiger partial charge in [0.1, 0.15) is 17.1 Å². The number of rotatable bonds is 5. The SMILES string of the molecule is COc1ccc(C(=O)[C@H](C)OC(=O)c2ccc3ccccc3c2O)cc1. The molecule has 132 valence electrons. The van der Waals surface area contributed by atoms with Gasteiger partial charge in [-0.25, -0.2) is 4.79 Å². The lowest BCUT2D eigenvalue weighted by atomic mass is 10.0. The lowest BCUT2D eigenvalue weighted by molar-refractivity contribution is 0.0316. The number of ketones is 1. The van der Waals surface area contributed by atoms with Crippen molar-refractivity contribution >= 4 is 22.5 Å². The van der Waals surface area contributed by atoms with E-state index in [1.54, 1.807) is 42.5 Å². The van der Waals surface area contributed by atoms with Gasteiger partial charge in [0.25, 0.3) is 0 Å². The molecular formula is C21H18O5. The van der Waals surface area contributed by atoms with Gasteiger partial charge in [0.15, 0.2) is 6.10 Å². The summed E-state index contributed by atoms with van der Waals surface area (Å²) in [4.78, 5) is 24.8. The summed E-state index contributed by atoms with van der Waals surface area (Å²) in [6.07, 6.45) is -0.984. The fourth-order valence-electron chi connectivity index (χ4n) is 2.69. The van der Waals surface area contributed by atoms with Crippen LogP contribution >= 0.6 is 0 Å². The van der Waals surface area contributed by atoms with Crippen LogP contribution in [-0.4, -0.2) is 30.1 Å². The molecule has 0 saturated heterocycles. The average Bonchev–Trinajstić information content (AvgIpc) is 2.67. The molecule has 5 nitrogen and oxygen atoms in total. The Hall–Kier alpha value is -3.34. The summed E-state index contributed by atoms with van der Waals surface area (Å²) in [7, 11) is 1.54. The first-order chi connectivity index (χ1) is 12.5. The maximum Gasteiger partial charge on any atom is 0.342 e. The first kappa shape index (κ1) is 17.5. The van der Waals surface area contributed by atoms with Crippen LogP contribution in [0, 0.1) is 0 Å². The van der Waals surface area contributed by atoms with Gasteiger partial charge >= 0.3 is 5.97 Å². The lowest BCUT2D eigenvalue weighted by Crippen LogP contribution is -2.24. The molecule has 0 aromatic heterocycles. The second-order valence-electron chi connectivity index (χ2n) is 5.82. The topological polar surface area (TPSA) is 72.8 Å². The van der Waals surface area contributed by atoms with E-state index in [1.807, 2.05) is 12.1 Å². The zero-order chi connectivity index (χ0) is 18.7. The van der Waals surface area contributed by atoms with Crippen molar-refractivity contribution in [2.45, 2.75) is 13.0 Å². The molecule has 0 aliphatic heterocycles. The van der Waals surface area contributed by atoms with Crippen molar-refractivity contribution in [3.05, 3.63) is 71.8 Å². The Morgan fingerprint density at radius 2 is 1.65 bits per heavy atom. The molecule has 0 spiro atoms. The number of Topliss-reactive ketones (excluding diaryl/α,β-unsaturated/α-hetero) is 1. The summed E-state index contributed by atoms with van der Waals surface area (Å²) >= 11 is 0. The predicted molar refractivity (Wildman–Crippen MR) is 97.8 cm³/mol. The molecule has 3 aromatic rings. The number of benzene rings is 3. The summed E-state index contributed by atoms with van der Waals surface area (Å²) in [5, 5.41) is 11.7. The van der Waals surface area contributed by atoms with Gasteiger partial charge in [-0.3, -0.25) is 4.79 Å². The molecule has 0 bridgehead atoms. The highest BCUT2D eigenvalue weighted by Crippen LogP contribution is 2.29. The standard InChI is InChI=1S/C21H18O5/c1-13(19(22)15-7-10-16(25-2)11-8-15)26-21(24)18-12-9-14-5-3-4-6-17(14)20(18)23/h3-13,23H,1-2H3/t13-/m0/s1. The Kier molecular flexibility index (Phi) is 4.89. The third-order valence-corrected chi connectivity index (χ3v) is 4.15. The molecule has 5 heteroatoms. The summed E-state index contributed by atoms with van der Waals surface area (Å²) in [5.41, 5.74) is 0.437. The van der Waals surface area contributed by atoms with Crippen LogP contribution in [0.5, 0.6) is 11.5 Å². The van der Waals surface area contributed by atoms with Gasteiger partial charge in [-0.1, -0.05) is 30.3 Å². The highest BCUT2D eigenvalue weighted by molar-refractivity contribution is 6.04. The third-order valence-electron chi connectivity index (χ3n) is 4.15. The fourth-order valence-corrected chi connectivity index (χ4v) is 2.69. The van der Waals surface area contributed by atoms with Crippen LogP contribution in [-0.2, 0) is 4.74 Å². The van der Waals surface area contributed by atoms with Crippen LogP contribution in [0.1, 0.15) is 27.6 Å². The highest BCUT2D eigenvalue weighted by Gasteiger charge is 2.22. The molecule has 0 unspecified atom stereocenters. The molecule has 0 aliphatic rings. The van der Waals surface area contributed by atoms with E-state index >= 15 is 0 Å². The van der Waals surface area contributed by atoms with Crippen molar-refractivity contribution in [3.8, 4) is 11.5 Å². The maximum atomic E-state index is 12.4. The molecule has 0 amide bonds. The zero-order valence-corrected chi connectivity index (χ0v) is 14.4. The summed E-state index contributed by atoms with van der Waals surface area (Å²) in [6.45, 7) is 1.50. The van der Waals surface area contributed by atoms with E-state index in [2.05, 4.69) is 0 Å². The number of phenols is 1. The van der Waals surface area contributed by atoms with Crippen LogP contribution in [0.3, 0.4) is 0 Å². The third kappa shape index (κ3) is 3.37. The molecule has 1 atom stereocenters. The molecule has 1 N–H and O–H groups in total. The summed E-state index contributed by atoms with van der Waals surface area (Å²) in [5.74, 6) is -0.603. The number of hydrogen-bond acceptors (Lipinski definition) is 5. The van der Waals surface area contributed by atoms with Crippen LogP contribution in [0.15, 0.2) is 60.7 Å². The Balaban J connectivity index is 1.78. The average molecular weight is 350 g/mol. The number of carbonyl (C=O) groups excluding carboxylic acids is 2. The lowest BCUT2D eigenvalue weighted by Gasteiger charge is -2.14. The Bertz CT molecular complexity index is 960. The molecule has 3 rings (SSSR count). The van der Waals surface area contributed by atoms with Gasteiger partial charge in [0.2, 0.25) is 5.78 Å². The monoisotopic (exact) mass is 350 g/mol. The number of fused-ring (bicyclic) bond motifs is 1. The minimum atomic E-state index is -0.984. The minimum Gasteiger partial charge on any atom is -0.506 e. The number of carbonyl (C=O) groups is 2. The number of methoxy groups -OCH3 is 1. The van der Waals surface area contributed by atoms with E-state index in [1.165, 1.54) is 20.1 Å². The van der Waals surface area contributed by atoms with Crippen LogP contribution in [0.25, 0.3) is 10.8 Å². The van der Waals surface area contributed by atoms with E-state index in [9.17, 15) is 14.7 Å². The van der Waals surface area contributed by atoms with Crippen molar-refractivity contribution in [3.63, 3.8) is 0 Å². The first-order valence-corrected chi connectivity index (χ1v) is 8.11. The molecular weight excluding hydrogens is 332 g/mol. The van der Waals surface area contributed by atoms with Gasteiger partial charge in [-0.2, -0.15) is 0 Å². The molecule has 0 saturated carbocycles. The Morgan fingerprint density at radius 1 is 0.962 bits per heavy atom. The number of esters is 1. The quantitative estimate of drug-likeness (QED) is 0.556. The van der Waals surface area contributed by atoms with E-state index in [0.717, 1.165) is 5.39 Å². The Morgan fingerprint density at radius 3 is 2.35 bits per heavy atom. The van der Waals surface area contributed by atoms with Crippen molar-refractivity contribution in [2.24, 2.45) is 0 Å². The molecule has 0 heterocycles. The largest absolute Gasteiger partial charge is 0.506 e. The van der Waals surface area contributed by atoms with Gasteiger partial charge in [0, 0.05) is 10.9 Å². The second kappa shape index (κ2) is 7.27. The normalized spacial score (nSPS) is 11.8. The number of aromatic hydroxyl groups is 1. The summed E-state index contributed by atoms with van der Waals surface area (Å²) in [6, 6.07) is 16.9. The van der Waals surface area contributed by atoms with Gasteiger partial charge < -0.3 is 14.6 Å². The van der Waals surface area contributed by atoms with E-state index < -0.39 is 12.1 Å². The number of phenolic OH excluding ortho intramolecular Hbond substituents is 1. The molecule has 0 aliphatic carbocycles. The molecule has 0 radical (unpaired) electrons. The minimum absolute atomic E-state index is 0.0260. The van der Waals surface area contributed by atoms with Crippen molar-refractivity contribution in [1.29, 1.82) is 0 Å². The number of hydrogen-bond donors (Lipinski definition) is 1. The zero-order valence-electron chi connectivity index (χ0n) is 14.4. The van der Waals surface area contributed by atoms with E-state index in [4.69, 9.17) is 9.47 Å². The Labute approximate surface area is 150 Å². The smallest absolute Gasteiger partial charge is 0.342 e. The van der Waals surface area contributed by atoms with Crippen molar-refractivity contribution in [2.75, 3.05) is 7.11 Å². The van der Waals surface area contributed by atoms with Gasteiger partial charge in [-0.05, 0) is 42.6 Å². The first-order valence-electron chi connectivity index (χ1n) is 8.11. The molecule has 3 aromatic carbocycles. The van der Waals surface area contributed by atoms with Crippen LogP contribution in [0.2, 0.25) is 0 Å². The summed E-state index contributed by atoms with van der Waals surface area (Å²) < 4.78 is 10.3. The van der Waals surface area contributed by atoms with Crippen molar-refractivity contribution < 1.29 is 24.2 Å². The van der Waals surface area contributed by atoms with Crippen molar-refractivity contribution in [1.82, 2.24) is 0 Å². The fraction of sp³-hybridized carbons (Fsp3) is 0.143. The maximum absolute atomic E-state index is 12.4. The van der Waals surface area contributed by atoms with E-state index in [-0.39, 0.29) is 17.1 Å². The van der Waals surface area contributed by atoms with Gasteiger partial charge in [0.05, 0.1) is 7.11 Å². The predicted octanol–water partition coefficient (Wildman–Crippen LogP) is 3.98. The van der Waals surface area contributed by atoms with Crippen LogP contribution < -0.4 is 4.74 Å². The highest BCUT2D eigenvalue weighted by atomic mass is 16.5.